The number of rotatable bonds is 6. The van der Waals surface area contributed by atoms with Gasteiger partial charge in [0.05, 0.1) is 0 Å². The van der Waals surface area contributed by atoms with Crippen LogP contribution in [0.4, 0.5) is 4.79 Å². The van der Waals surface area contributed by atoms with Crippen molar-refractivity contribution in [2.45, 2.75) is 44.9 Å². The largest absolute Gasteiger partial charge is 0.414 e. The second-order valence-electron chi connectivity index (χ2n) is 7.93. The van der Waals surface area contributed by atoms with Crippen LogP contribution < -0.4 is 4.74 Å². The molecule has 1 aliphatic heterocycles. The Morgan fingerprint density at radius 3 is 2.38 bits per heavy atom. The molecule has 1 saturated heterocycles. The summed E-state index contributed by atoms with van der Waals surface area (Å²) < 4.78 is 5.39. The first kappa shape index (κ1) is 19.5. The SMILES string of the molecule is CN(CCC1CCC(CN2CCCC2)CC1)C(=O)Oc1ccc(Cl)cc1. The zero-order chi connectivity index (χ0) is 18.4. The summed E-state index contributed by atoms with van der Waals surface area (Å²) in [7, 11) is 1.82. The number of amides is 1. The van der Waals surface area contributed by atoms with Gasteiger partial charge < -0.3 is 14.5 Å². The fourth-order valence-electron chi connectivity index (χ4n) is 4.18. The molecule has 5 heteroatoms. The summed E-state index contributed by atoms with van der Waals surface area (Å²) in [5.74, 6) is 2.17. The molecule has 0 aromatic heterocycles. The van der Waals surface area contributed by atoms with Crippen molar-refractivity contribution in [3.8, 4) is 5.75 Å². The summed E-state index contributed by atoms with van der Waals surface area (Å²) in [6, 6.07) is 6.89. The Bertz CT molecular complexity index is 564. The second-order valence-corrected chi connectivity index (χ2v) is 8.36. The minimum Gasteiger partial charge on any atom is -0.410 e. The van der Waals surface area contributed by atoms with Crippen molar-refractivity contribution in [3.05, 3.63) is 29.3 Å². The highest BCUT2D eigenvalue weighted by Crippen LogP contribution is 2.32. The van der Waals surface area contributed by atoms with Gasteiger partial charge in [0.25, 0.3) is 0 Å². The van der Waals surface area contributed by atoms with Crippen LogP contribution in [0.25, 0.3) is 0 Å². The lowest BCUT2D eigenvalue weighted by Gasteiger charge is -2.31. The zero-order valence-electron chi connectivity index (χ0n) is 15.8. The van der Waals surface area contributed by atoms with Crippen LogP contribution in [0.2, 0.25) is 5.02 Å². The number of carbonyl (C=O) groups is 1. The van der Waals surface area contributed by atoms with Gasteiger partial charge >= 0.3 is 6.09 Å². The van der Waals surface area contributed by atoms with Crippen LogP contribution in [-0.4, -0.2) is 49.1 Å². The molecule has 1 aromatic rings. The Hall–Kier alpha value is -1.26. The highest BCUT2D eigenvalue weighted by atomic mass is 35.5. The number of benzene rings is 1. The van der Waals surface area contributed by atoms with E-state index in [1.807, 2.05) is 7.05 Å². The Labute approximate surface area is 162 Å². The van der Waals surface area contributed by atoms with E-state index in [9.17, 15) is 4.79 Å². The lowest BCUT2D eigenvalue weighted by Crippen LogP contribution is -2.33. The minimum atomic E-state index is -0.296. The third-order valence-electron chi connectivity index (χ3n) is 5.88. The molecular formula is C21H31ClN2O2. The molecule has 1 amide bonds. The van der Waals surface area contributed by atoms with E-state index in [1.54, 1.807) is 29.2 Å². The molecule has 0 unspecified atom stereocenters. The van der Waals surface area contributed by atoms with Gasteiger partial charge in [0.2, 0.25) is 0 Å². The maximum absolute atomic E-state index is 12.2. The first-order chi connectivity index (χ1) is 12.6. The van der Waals surface area contributed by atoms with Crippen molar-refractivity contribution in [1.29, 1.82) is 0 Å². The fourth-order valence-corrected chi connectivity index (χ4v) is 4.31. The smallest absolute Gasteiger partial charge is 0.410 e. The van der Waals surface area contributed by atoms with Crippen LogP contribution in [0.1, 0.15) is 44.9 Å². The van der Waals surface area contributed by atoms with Crippen LogP contribution >= 0.6 is 11.6 Å². The molecule has 1 aliphatic carbocycles. The third-order valence-corrected chi connectivity index (χ3v) is 6.14. The predicted octanol–water partition coefficient (Wildman–Crippen LogP) is 5.06. The summed E-state index contributed by atoms with van der Waals surface area (Å²) in [6.07, 6.45) is 8.84. The number of hydrogen-bond acceptors (Lipinski definition) is 3. The summed E-state index contributed by atoms with van der Waals surface area (Å²) in [6.45, 7) is 4.68. The summed E-state index contributed by atoms with van der Waals surface area (Å²) in [4.78, 5) is 16.5. The van der Waals surface area contributed by atoms with Crippen molar-refractivity contribution in [2.75, 3.05) is 33.2 Å². The van der Waals surface area contributed by atoms with Gasteiger partial charge in [0.1, 0.15) is 5.75 Å². The molecule has 0 bridgehead atoms. The van der Waals surface area contributed by atoms with Gasteiger partial charge in [-0.2, -0.15) is 0 Å². The molecule has 0 radical (unpaired) electrons. The Morgan fingerprint density at radius 1 is 1.12 bits per heavy atom. The van der Waals surface area contributed by atoms with Crippen molar-refractivity contribution < 1.29 is 9.53 Å². The monoisotopic (exact) mass is 378 g/mol. The standard InChI is InChI=1S/C21H31ClN2O2/c1-23(21(25)26-20-10-8-19(22)9-11-20)15-12-17-4-6-18(7-5-17)16-24-13-2-3-14-24/h8-11,17-18H,2-7,12-16H2,1H3. The number of halogens is 1. The Morgan fingerprint density at radius 2 is 1.73 bits per heavy atom. The van der Waals surface area contributed by atoms with Crippen molar-refractivity contribution in [2.24, 2.45) is 11.8 Å². The maximum Gasteiger partial charge on any atom is 0.414 e. The van der Waals surface area contributed by atoms with Gasteiger partial charge in [0, 0.05) is 25.2 Å². The highest BCUT2D eigenvalue weighted by Gasteiger charge is 2.24. The quantitative estimate of drug-likeness (QED) is 0.693. The van der Waals surface area contributed by atoms with Crippen molar-refractivity contribution in [3.63, 3.8) is 0 Å². The van der Waals surface area contributed by atoms with Gasteiger partial charge in [0.15, 0.2) is 0 Å². The number of likely N-dealkylation sites (tertiary alicyclic amines) is 1. The molecule has 0 atom stereocenters. The lowest BCUT2D eigenvalue weighted by atomic mass is 9.80. The average Bonchev–Trinajstić information content (AvgIpc) is 3.16. The molecule has 26 heavy (non-hydrogen) atoms. The number of carbonyl (C=O) groups excluding carboxylic acids is 1. The molecule has 2 aliphatic rings. The first-order valence-corrected chi connectivity index (χ1v) is 10.4. The van der Waals surface area contributed by atoms with E-state index in [2.05, 4.69) is 4.90 Å². The molecular weight excluding hydrogens is 348 g/mol. The van der Waals surface area contributed by atoms with E-state index < -0.39 is 0 Å². The fraction of sp³-hybridized carbons (Fsp3) is 0.667. The summed E-state index contributed by atoms with van der Waals surface area (Å²) in [5, 5.41) is 0.637. The van der Waals surface area contributed by atoms with Crippen LogP contribution in [0.3, 0.4) is 0 Å². The van der Waals surface area contributed by atoms with Crippen molar-refractivity contribution >= 4 is 17.7 Å². The van der Waals surface area contributed by atoms with E-state index in [4.69, 9.17) is 16.3 Å². The third kappa shape index (κ3) is 5.88. The molecule has 1 saturated carbocycles. The van der Waals surface area contributed by atoms with Crippen molar-refractivity contribution in [1.82, 2.24) is 9.80 Å². The Balaban J connectivity index is 1.33. The molecule has 1 aromatic carbocycles. The molecule has 1 heterocycles. The molecule has 144 valence electrons. The van der Waals surface area contributed by atoms with Crippen LogP contribution in [0, 0.1) is 11.8 Å². The predicted molar refractivity (Wildman–Crippen MR) is 106 cm³/mol. The number of nitrogens with zero attached hydrogens (tertiary/aromatic N) is 2. The molecule has 0 N–H and O–H groups in total. The van der Waals surface area contributed by atoms with Crippen LogP contribution in [0.5, 0.6) is 5.75 Å². The van der Waals surface area contributed by atoms with Crippen LogP contribution in [-0.2, 0) is 0 Å². The zero-order valence-corrected chi connectivity index (χ0v) is 16.6. The maximum atomic E-state index is 12.2. The lowest BCUT2D eigenvalue weighted by molar-refractivity contribution is 0.153. The van der Waals surface area contributed by atoms with Crippen LogP contribution in [0.15, 0.2) is 24.3 Å². The van der Waals surface area contributed by atoms with Gasteiger partial charge in [-0.3, -0.25) is 0 Å². The normalized spacial score (nSPS) is 23.8. The number of ether oxygens (including phenoxy) is 1. The van der Waals surface area contributed by atoms with E-state index in [0.717, 1.165) is 24.8 Å². The number of hydrogen-bond donors (Lipinski definition) is 0. The van der Waals surface area contributed by atoms with E-state index in [1.165, 1.54) is 58.2 Å². The van der Waals surface area contributed by atoms with Gasteiger partial charge in [-0.1, -0.05) is 24.4 Å². The average molecular weight is 379 g/mol. The van der Waals surface area contributed by atoms with Gasteiger partial charge in [-0.25, -0.2) is 4.79 Å². The summed E-state index contributed by atoms with van der Waals surface area (Å²) in [5.41, 5.74) is 0. The molecule has 4 nitrogen and oxygen atoms in total. The van der Waals surface area contributed by atoms with E-state index in [-0.39, 0.29) is 6.09 Å². The Kier molecular flexibility index (Phi) is 7.21. The second kappa shape index (κ2) is 9.61. The molecule has 3 rings (SSSR count). The minimum absolute atomic E-state index is 0.296. The highest BCUT2D eigenvalue weighted by molar-refractivity contribution is 6.30. The summed E-state index contributed by atoms with van der Waals surface area (Å²) >= 11 is 5.85. The van der Waals surface area contributed by atoms with E-state index in [0.29, 0.717) is 10.8 Å². The van der Waals surface area contributed by atoms with Gasteiger partial charge in [-0.15, -0.1) is 0 Å². The van der Waals surface area contributed by atoms with E-state index >= 15 is 0 Å². The first-order valence-electron chi connectivity index (χ1n) is 10.0. The van der Waals surface area contributed by atoms with Gasteiger partial charge in [-0.05, 0) is 81.3 Å². The molecule has 2 fully saturated rings. The topological polar surface area (TPSA) is 32.8 Å². The molecule has 0 spiro atoms.